The number of nitrogens with zero attached hydrogens (tertiary/aromatic N) is 2. The van der Waals surface area contributed by atoms with Crippen LogP contribution in [0.4, 0.5) is 0 Å². The van der Waals surface area contributed by atoms with E-state index in [1.54, 1.807) is 18.2 Å². The normalized spacial score (nSPS) is 10.6. The number of hydrogen-bond donors (Lipinski definition) is 2. The molecule has 0 saturated carbocycles. The molecule has 2 aromatic rings. The highest BCUT2D eigenvalue weighted by atomic mass is 35.5. The first-order valence-electron chi connectivity index (χ1n) is 5.92. The molecule has 6 nitrogen and oxygen atoms in total. The largest absolute Gasteiger partial charge is 0.504 e. The number of hydrazone groups is 1. The SMILES string of the molecule is COc1cc(Cl)cc(/C=N/NC(=O)c2ccccn2)c1O. The predicted octanol–water partition coefficient (Wildman–Crippen LogP) is 2.21. The van der Waals surface area contributed by atoms with Crippen LogP contribution in [0.1, 0.15) is 16.1 Å². The molecule has 1 aromatic carbocycles. The Hall–Kier alpha value is -2.60. The number of ether oxygens (including phenoxy) is 1. The van der Waals surface area contributed by atoms with Crippen molar-refractivity contribution in [2.75, 3.05) is 7.11 Å². The van der Waals surface area contributed by atoms with Gasteiger partial charge in [-0.25, -0.2) is 5.43 Å². The number of benzene rings is 1. The van der Waals surface area contributed by atoms with Crippen molar-refractivity contribution in [1.29, 1.82) is 0 Å². The van der Waals surface area contributed by atoms with E-state index in [1.165, 1.54) is 31.7 Å². The molecule has 0 radical (unpaired) electrons. The van der Waals surface area contributed by atoms with Gasteiger partial charge >= 0.3 is 0 Å². The molecule has 0 aliphatic heterocycles. The van der Waals surface area contributed by atoms with Gasteiger partial charge < -0.3 is 9.84 Å². The van der Waals surface area contributed by atoms with Crippen LogP contribution in [-0.2, 0) is 0 Å². The van der Waals surface area contributed by atoms with E-state index in [0.29, 0.717) is 10.6 Å². The second-order valence-electron chi connectivity index (χ2n) is 3.96. The number of halogens is 1. The molecule has 0 aliphatic rings. The summed E-state index contributed by atoms with van der Waals surface area (Å²) in [5.41, 5.74) is 2.86. The molecule has 0 fully saturated rings. The van der Waals surface area contributed by atoms with Gasteiger partial charge in [0, 0.05) is 22.8 Å². The number of phenols is 1. The Labute approximate surface area is 126 Å². The fraction of sp³-hybridized carbons (Fsp3) is 0.0714. The number of methoxy groups -OCH3 is 1. The Bertz CT molecular complexity index is 675. The second-order valence-corrected chi connectivity index (χ2v) is 4.40. The Morgan fingerprint density at radius 3 is 2.95 bits per heavy atom. The molecule has 2 N–H and O–H groups in total. The van der Waals surface area contributed by atoms with Crippen LogP contribution in [0.15, 0.2) is 41.6 Å². The van der Waals surface area contributed by atoms with Crippen molar-refractivity contribution >= 4 is 23.7 Å². The molecular weight excluding hydrogens is 294 g/mol. The predicted molar refractivity (Wildman–Crippen MR) is 79.0 cm³/mol. The number of carbonyl (C=O) groups is 1. The van der Waals surface area contributed by atoms with Gasteiger partial charge in [0.15, 0.2) is 11.5 Å². The van der Waals surface area contributed by atoms with Crippen LogP contribution in [0.3, 0.4) is 0 Å². The van der Waals surface area contributed by atoms with Crippen LogP contribution >= 0.6 is 11.6 Å². The summed E-state index contributed by atoms with van der Waals surface area (Å²) in [5, 5.41) is 14.0. The molecule has 1 amide bonds. The zero-order chi connectivity index (χ0) is 15.2. The van der Waals surface area contributed by atoms with Gasteiger partial charge in [-0.3, -0.25) is 9.78 Å². The zero-order valence-electron chi connectivity index (χ0n) is 11.1. The lowest BCUT2D eigenvalue weighted by molar-refractivity contribution is 0.0950. The molecule has 0 aliphatic carbocycles. The molecule has 108 valence electrons. The lowest BCUT2D eigenvalue weighted by atomic mass is 10.2. The molecule has 0 bridgehead atoms. The van der Waals surface area contributed by atoms with Gasteiger partial charge in [0.05, 0.1) is 13.3 Å². The van der Waals surface area contributed by atoms with Crippen LogP contribution in [0, 0.1) is 0 Å². The number of phenolic OH excluding ortho intramolecular Hbond substituents is 1. The summed E-state index contributed by atoms with van der Waals surface area (Å²) in [4.78, 5) is 15.6. The van der Waals surface area contributed by atoms with Gasteiger partial charge in [0.2, 0.25) is 0 Å². The third-order valence-electron chi connectivity index (χ3n) is 2.56. The molecule has 0 unspecified atom stereocenters. The van der Waals surface area contributed by atoms with E-state index in [2.05, 4.69) is 15.5 Å². The molecule has 1 aromatic heterocycles. The van der Waals surface area contributed by atoms with Crippen molar-refractivity contribution in [1.82, 2.24) is 10.4 Å². The Balaban J connectivity index is 2.12. The van der Waals surface area contributed by atoms with Crippen molar-refractivity contribution in [2.45, 2.75) is 0 Å². The van der Waals surface area contributed by atoms with Crippen molar-refractivity contribution in [3.8, 4) is 11.5 Å². The molecule has 2 rings (SSSR count). The smallest absolute Gasteiger partial charge is 0.289 e. The zero-order valence-corrected chi connectivity index (χ0v) is 11.8. The lowest BCUT2D eigenvalue weighted by Crippen LogP contribution is -2.18. The highest BCUT2D eigenvalue weighted by molar-refractivity contribution is 6.31. The van der Waals surface area contributed by atoms with Gasteiger partial charge in [-0.2, -0.15) is 5.10 Å². The van der Waals surface area contributed by atoms with Crippen molar-refractivity contribution < 1.29 is 14.6 Å². The summed E-state index contributed by atoms with van der Waals surface area (Å²) in [5.74, 6) is -0.349. The van der Waals surface area contributed by atoms with Gasteiger partial charge in [-0.1, -0.05) is 17.7 Å². The summed E-state index contributed by atoms with van der Waals surface area (Å²) < 4.78 is 4.97. The number of nitrogens with one attached hydrogen (secondary N) is 1. The topological polar surface area (TPSA) is 83.8 Å². The molecule has 0 atom stereocenters. The third kappa shape index (κ3) is 3.70. The van der Waals surface area contributed by atoms with E-state index in [9.17, 15) is 9.90 Å². The molecule has 1 heterocycles. The second kappa shape index (κ2) is 6.71. The minimum Gasteiger partial charge on any atom is -0.504 e. The first-order chi connectivity index (χ1) is 10.1. The summed E-state index contributed by atoms with van der Waals surface area (Å²) in [7, 11) is 1.41. The van der Waals surface area contributed by atoms with Crippen LogP contribution in [-0.4, -0.2) is 29.3 Å². The molecular formula is C14H12ClN3O3. The van der Waals surface area contributed by atoms with Gasteiger partial charge in [-0.15, -0.1) is 0 Å². The molecule has 7 heteroatoms. The highest BCUT2D eigenvalue weighted by Gasteiger charge is 2.09. The van der Waals surface area contributed by atoms with E-state index in [1.807, 2.05) is 0 Å². The number of rotatable bonds is 4. The Morgan fingerprint density at radius 2 is 2.29 bits per heavy atom. The maximum atomic E-state index is 11.7. The molecule has 0 saturated heterocycles. The van der Waals surface area contributed by atoms with Gasteiger partial charge in [-0.05, 0) is 18.2 Å². The summed E-state index contributed by atoms with van der Waals surface area (Å²) in [6.07, 6.45) is 2.77. The van der Waals surface area contributed by atoms with E-state index >= 15 is 0 Å². The third-order valence-corrected chi connectivity index (χ3v) is 2.77. The Kier molecular flexibility index (Phi) is 4.73. The van der Waals surface area contributed by atoms with Crippen LogP contribution in [0.2, 0.25) is 5.02 Å². The van der Waals surface area contributed by atoms with Crippen molar-refractivity contribution in [3.05, 3.63) is 52.8 Å². The number of pyridine rings is 1. The lowest BCUT2D eigenvalue weighted by Gasteiger charge is -2.06. The van der Waals surface area contributed by atoms with E-state index in [0.717, 1.165) is 0 Å². The number of aromatic nitrogens is 1. The summed E-state index contributed by atoms with van der Waals surface area (Å²) in [6.45, 7) is 0. The first kappa shape index (κ1) is 14.8. The highest BCUT2D eigenvalue weighted by Crippen LogP contribution is 2.32. The van der Waals surface area contributed by atoms with Gasteiger partial charge in [0.25, 0.3) is 5.91 Å². The fourth-order valence-electron chi connectivity index (χ4n) is 1.56. The monoisotopic (exact) mass is 305 g/mol. The number of hydrogen-bond acceptors (Lipinski definition) is 5. The fourth-order valence-corrected chi connectivity index (χ4v) is 1.78. The average molecular weight is 306 g/mol. The average Bonchev–Trinajstić information content (AvgIpc) is 2.51. The maximum absolute atomic E-state index is 11.7. The minimum absolute atomic E-state index is 0.113. The van der Waals surface area contributed by atoms with Crippen molar-refractivity contribution in [2.24, 2.45) is 5.10 Å². The van der Waals surface area contributed by atoms with Crippen LogP contribution in [0.25, 0.3) is 0 Å². The Morgan fingerprint density at radius 1 is 1.48 bits per heavy atom. The van der Waals surface area contributed by atoms with Crippen molar-refractivity contribution in [3.63, 3.8) is 0 Å². The van der Waals surface area contributed by atoms with Crippen LogP contribution in [0.5, 0.6) is 11.5 Å². The van der Waals surface area contributed by atoms with Crippen LogP contribution < -0.4 is 10.2 Å². The maximum Gasteiger partial charge on any atom is 0.289 e. The number of amides is 1. The van der Waals surface area contributed by atoms with E-state index in [4.69, 9.17) is 16.3 Å². The molecule has 0 spiro atoms. The molecule has 21 heavy (non-hydrogen) atoms. The minimum atomic E-state index is -0.458. The number of carbonyl (C=O) groups excluding carboxylic acids is 1. The standard InChI is InChI=1S/C14H12ClN3O3/c1-21-12-7-10(15)6-9(13(12)19)8-17-18-14(20)11-4-2-3-5-16-11/h2-8,19H,1H3,(H,18,20)/b17-8+. The van der Waals surface area contributed by atoms with E-state index in [-0.39, 0.29) is 17.2 Å². The van der Waals surface area contributed by atoms with Gasteiger partial charge in [0.1, 0.15) is 5.69 Å². The summed E-state index contributed by atoms with van der Waals surface area (Å²) >= 11 is 5.89. The number of aromatic hydroxyl groups is 1. The summed E-state index contributed by atoms with van der Waals surface area (Å²) in [6, 6.07) is 7.93. The van der Waals surface area contributed by atoms with E-state index < -0.39 is 5.91 Å². The quantitative estimate of drug-likeness (QED) is 0.670. The first-order valence-corrected chi connectivity index (χ1v) is 6.30.